The van der Waals surface area contributed by atoms with Crippen molar-refractivity contribution in [3.63, 3.8) is 0 Å². The number of aryl methyl sites for hydroxylation is 1. The van der Waals surface area contributed by atoms with Crippen LogP contribution in [0.2, 0.25) is 0 Å². The van der Waals surface area contributed by atoms with Crippen LogP contribution in [0.5, 0.6) is 0 Å². The van der Waals surface area contributed by atoms with Crippen LogP contribution in [0.3, 0.4) is 0 Å². The molecule has 1 aromatic heterocycles. The quantitative estimate of drug-likeness (QED) is 0.857. The molecule has 0 aliphatic carbocycles. The molecular formula is C18H21FN4O. The fraction of sp³-hybridized carbons (Fsp3) is 0.444. The van der Waals surface area contributed by atoms with Gasteiger partial charge in [-0.15, -0.1) is 0 Å². The van der Waals surface area contributed by atoms with E-state index in [2.05, 4.69) is 9.88 Å². The molecule has 3 heterocycles. The van der Waals surface area contributed by atoms with Crippen molar-refractivity contribution in [2.45, 2.75) is 13.1 Å². The first kappa shape index (κ1) is 15.3. The van der Waals surface area contributed by atoms with Crippen molar-refractivity contribution in [2.24, 2.45) is 18.9 Å². The number of halogens is 1. The first-order valence-electron chi connectivity index (χ1n) is 8.32. The SMILES string of the molecule is Cn1ccnc1CN1C[C@H]2CN(Cc3cccc(F)c3)C(=O)[C@H]2C1. The topological polar surface area (TPSA) is 41.4 Å². The van der Waals surface area contributed by atoms with Crippen LogP contribution in [-0.2, 0) is 24.9 Å². The summed E-state index contributed by atoms with van der Waals surface area (Å²) in [6.07, 6.45) is 3.75. The van der Waals surface area contributed by atoms with E-state index in [-0.39, 0.29) is 17.6 Å². The Morgan fingerprint density at radius 2 is 2.12 bits per heavy atom. The van der Waals surface area contributed by atoms with Gasteiger partial charge in [-0.05, 0) is 17.7 Å². The average molecular weight is 328 g/mol. The second-order valence-electron chi connectivity index (χ2n) is 6.86. The molecule has 5 nitrogen and oxygen atoms in total. The van der Waals surface area contributed by atoms with Gasteiger partial charge in [-0.2, -0.15) is 0 Å². The zero-order valence-corrected chi connectivity index (χ0v) is 13.7. The molecule has 0 bridgehead atoms. The van der Waals surface area contributed by atoms with Gasteiger partial charge >= 0.3 is 0 Å². The summed E-state index contributed by atoms with van der Waals surface area (Å²) < 4.78 is 15.3. The maximum Gasteiger partial charge on any atom is 0.227 e. The third-order valence-electron chi connectivity index (χ3n) is 5.15. The van der Waals surface area contributed by atoms with E-state index < -0.39 is 0 Å². The van der Waals surface area contributed by atoms with Crippen molar-refractivity contribution in [1.29, 1.82) is 0 Å². The number of imidazole rings is 1. The molecule has 0 spiro atoms. The third-order valence-corrected chi connectivity index (χ3v) is 5.15. The Bertz CT molecular complexity index is 759. The van der Waals surface area contributed by atoms with Gasteiger partial charge in [0.05, 0.1) is 12.5 Å². The average Bonchev–Trinajstić information content (AvgIpc) is 3.19. The number of hydrogen-bond acceptors (Lipinski definition) is 3. The van der Waals surface area contributed by atoms with Gasteiger partial charge in [-0.1, -0.05) is 12.1 Å². The van der Waals surface area contributed by atoms with E-state index in [1.54, 1.807) is 12.3 Å². The number of nitrogens with zero attached hydrogens (tertiary/aromatic N) is 4. The lowest BCUT2D eigenvalue weighted by Crippen LogP contribution is -2.32. The Morgan fingerprint density at radius 3 is 2.83 bits per heavy atom. The molecule has 0 unspecified atom stereocenters. The van der Waals surface area contributed by atoms with Gasteiger partial charge in [0.15, 0.2) is 0 Å². The van der Waals surface area contributed by atoms with Crippen LogP contribution in [0.15, 0.2) is 36.7 Å². The zero-order valence-electron chi connectivity index (χ0n) is 13.7. The molecule has 0 radical (unpaired) electrons. The van der Waals surface area contributed by atoms with Crippen LogP contribution >= 0.6 is 0 Å². The summed E-state index contributed by atoms with van der Waals surface area (Å²) in [7, 11) is 1.99. The number of carbonyl (C=O) groups is 1. The van der Waals surface area contributed by atoms with Crippen molar-refractivity contribution in [2.75, 3.05) is 19.6 Å². The maximum atomic E-state index is 13.3. The summed E-state index contributed by atoms with van der Waals surface area (Å²) in [5, 5.41) is 0. The normalized spacial score (nSPS) is 23.9. The minimum absolute atomic E-state index is 0.0684. The van der Waals surface area contributed by atoms with E-state index in [0.29, 0.717) is 12.5 Å². The predicted molar refractivity (Wildman–Crippen MR) is 87.3 cm³/mol. The van der Waals surface area contributed by atoms with Crippen molar-refractivity contribution < 1.29 is 9.18 Å². The minimum Gasteiger partial charge on any atom is -0.338 e. The molecule has 2 saturated heterocycles. The van der Waals surface area contributed by atoms with E-state index in [0.717, 1.165) is 37.6 Å². The number of hydrogen-bond donors (Lipinski definition) is 0. The highest BCUT2D eigenvalue weighted by Crippen LogP contribution is 2.33. The summed E-state index contributed by atoms with van der Waals surface area (Å²) in [5.74, 6) is 1.41. The number of carbonyl (C=O) groups excluding carboxylic acids is 1. The van der Waals surface area contributed by atoms with Gasteiger partial charge in [0.1, 0.15) is 11.6 Å². The standard InChI is InChI=1S/C18H21FN4O/c1-21-6-5-20-17(21)12-22-9-14-10-23(18(24)16(14)11-22)8-13-3-2-4-15(19)7-13/h2-7,14,16H,8-12H2,1H3/t14-,16-/m0/s1. The molecule has 0 N–H and O–H groups in total. The largest absolute Gasteiger partial charge is 0.338 e. The van der Waals surface area contributed by atoms with Gasteiger partial charge in [-0.3, -0.25) is 9.69 Å². The Morgan fingerprint density at radius 1 is 1.25 bits per heavy atom. The Labute approximate surface area is 140 Å². The summed E-state index contributed by atoms with van der Waals surface area (Å²) in [4.78, 5) is 21.2. The molecule has 2 aliphatic heterocycles. The molecule has 24 heavy (non-hydrogen) atoms. The van der Waals surface area contributed by atoms with Crippen molar-refractivity contribution >= 4 is 5.91 Å². The number of benzene rings is 1. The lowest BCUT2D eigenvalue weighted by molar-refractivity contribution is -0.131. The molecule has 0 saturated carbocycles. The van der Waals surface area contributed by atoms with Crippen molar-refractivity contribution in [1.82, 2.24) is 19.4 Å². The highest BCUT2D eigenvalue weighted by Gasteiger charge is 2.46. The minimum atomic E-state index is -0.249. The highest BCUT2D eigenvalue weighted by atomic mass is 19.1. The molecule has 6 heteroatoms. The van der Waals surface area contributed by atoms with Crippen molar-refractivity contribution in [3.05, 3.63) is 53.9 Å². The van der Waals surface area contributed by atoms with Crippen LogP contribution in [0.4, 0.5) is 4.39 Å². The third kappa shape index (κ3) is 2.82. The summed E-state index contributed by atoms with van der Waals surface area (Å²) >= 11 is 0. The fourth-order valence-corrected chi connectivity index (χ4v) is 3.91. The van der Waals surface area contributed by atoms with Gasteiger partial charge in [0, 0.05) is 51.5 Å². The summed E-state index contributed by atoms with van der Waals surface area (Å²) in [6.45, 7) is 3.76. The van der Waals surface area contributed by atoms with Crippen molar-refractivity contribution in [3.8, 4) is 0 Å². The first-order chi connectivity index (χ1) is 11.6. The summed E-state index contributed by atoms with van der Waals surface area (Å²) in [5.41, 5.74) is 0.855. The highest BCUT2D eigenvalue weighted by molar-refractivity contribution is 5.82. The van der Waals surface area contributed by atoms with Crippen LogP contribution in [0, 0.1) is 17.7 Å². The fourth-order valence-electron chi connectivity index (χ4n) is 3.91. The molecule has 2 aliphatic rings. The first-order valence-corrected chi connectivity index (χ1v) is 8.32. The van der Waals surface area contributed by atoms with Gasteiger partial charge in [0.25, 0.3) is 0 Å². The maximum absolute atomic E-state index is 13.3. The zero-order chi connectivity index (χ0) is 16.7. The van der Waals surface area contributed by atoms with Gasteiger partial charge < -0.3 is 9.47 Å². The second-order valence-corrected chi connectivity index (χ2v) is 6.86. The number of likely N-dealkylation sites (tertiary alicyclic amines) is 2. The van der Waals surface area contributed by atoms with E-state index in [4.69, 9.17) is 0 Å². The monoisotopic (exact) mass is 328 g/mol. The molecule has 126 valence electrons. The Hall–Kier alpha value is -2.21. The molecule has 2 atom stereocenters. The number of rotatable bonds is 4. The molecule has 1 amide bonds. The van der Waals surface area contributed by atoms with Gasteiger partial charge in [-0.25, -0.2) is 9.37 Å². The van der Waals surface area contributed by atoms with Gasteiger partial charge in [0.2, 0.25) is 5.91 Å². The molecule has 2 fully saturated rings. The number of fused-ring (bicyclic) bond motifs is 1. The van der Waals surface area contributed by atoms with E-state index in [1.165, 1.54) is 12.1 Å². The molecule has 2 aromatic rings. The Kier molecular flexibility index (Phi) is 3.84. The molecule has 1 aromatic carbocycles. The number of amides is 1. The van der Waals surface area contributed by atoms with Crippen LogP contribution < -0.4 is 0 Å². The molecular weight excluding hydrogens is 307 g/mol. The lowest BCUT2D eigenvalue weighted by Gasteiger charge is -2.21. The van der Waals surface area contributed by atoms with E-state index in [1.807, 2.05) is 28.8 Å². The Balaban J connectivity index is 1.39. The predicted octanol–water partition coefficient (Wildman–Crippen LogP) is 1.65. The van der Waals surface area contributed by atoms with Crippen LogP contribution in [0.25, 0.3) is 0 Å². The smallest absolute Gasteiger partial charge is 0.227 e. The van der Waals surface area contributed by atoms with Crippen LogP contribution in [-0.4, -0.2) is 44.9 Å². The van der Waals surface area contributed by atoms with Crippen LogP contribution in [0.1, 0.15) is 11.4 Å². The summed E-state index contributed by atoms with van der Waals surface area (Å²) in [6, 6.07) is 6.51. The lowest BCUT2D eigenvalue weighted by atomic mass is 10.0. The van der Waals surface area contributed by atoms with E-state index in [9.17, 15) is 9.18 Å². The number of aromatic nitrogens is 2. The second kappa shape index (κ2) is 6.02. The molecule has 4 rings (SSSR count). The van der Waals surface area contributed by atoms with E-state index >= 15 is 0 Å².